The number of amides is 1. The molecular formula is C14H26N2O4S. The van der Waals surface area contributed by atoms with Crippen molar-refractivity contribution in [2.45, 2.75) is 63.9 Å². The maximum atomic E-state index is 12.3. The van der Waals surface area contributed by atoms with E-state index in [1.54, 1.807) is 16.1 Å². The summed E-state index contributed by atoms with van der Waals surface area (Å²) in [7, 11) is -3.20. The molecule has 2 heterocycles. The first-order chi connectivity index (χ1) is 9.61. The summed E-state index contributed by atoms with van der Waals surface area (Å²) < 4.78 is 31.5. The standard InChI is InChI=1S/C14H26N2O4S/c1-11-7-9-16(21(11,18)19)12-6-5-8-15(10-12)13(17)20-14(2,3)4/h11-12H,5-10H2,1-4H3. The molecule has 0 aliphatic carbocycles. The second-order valence-corrected chi connectivity index (χ2v) is 9.28. The van der Waals surface area contributed by atoms with E-state index < -0.39 is 15.6 Å². The molecule has 2 aliphatic heterocycles. The van der Waals surface area contributed by atoms with Gasteiger partial charge in [0.2, 0.25) is 10.0 Å². The predicted molar refractivity (Wildman–Crippen MR) is 80.5 cm³/mol. The van der Waals surface area contributed by atoms with Gasteiger partial charge in [0.1, 0.15) is 5.60 Å². The Morgan fingerprint density at radius 2 is 1.86 bits per heavy atom. The molecule has 0 aromatic carbocycles. The van der Waals surface area contributed by atoms with Crippen LogP contribution in [0.3, 0.4) is 0 Å². The van der Waals surface area contributed by atoms with Crippen LogP contribution in [-0.4, -0.2) is 60.2 Å². The number of carbonyl (C=O) groups is 1. The van der Waals surface area contributed by atoms with Crippen molar-refractivity contribution < 1.29 is 17.9 Å². The first-order valence-corrected chi connectivity index (χ1v) is 9.10. The van der Waals surface area contributed by atoms with E-state index in [2.05, 4.69) is 0 Å². The van der Waals surface area contributed by atoms with E-state index in [0.29, 0.717) is 26.1 Å². The Labute approximate surface area is 127 Å². The Balaban J connectivity index is 2.03. The van der Waals surface area contributed by atoms with E-state index in [0.717, 1.165) is 12.8 Å². The summed E-state index contributed by atoms with van der Waals surface area (Å²) in [6, 6.07) is -0.110. The Kier molecular flexibility index (Phi) is 4.54. The summed E-state index contributed by atoms with van der Waals surface area (Å²) in [5, 5.41) is -0.311. The van der Waals surface area contributed by atoms with E-state index in [1.807, 2.05) is 20.8 Å². The van der Waals surface area contributed by atoms with E-state index >= 15 is 0 Å². The summed E-state index contributed by atoms with van der Waals surface area (Å²) in [5.74, 6) is 0. The van der Waals surface area contributed by atoms with Crippen molar-refractivity contribution in [3.63, 3.8) is 0 Å². The summed E-state index contributed by atoms with van der Waals surface area (Å²) in [5.41, 5.74) is -0.530. The first kappa shape index (κ1) is 16.5. The van der Waals surface area contributed by atoms with Crippen LogP contribution in [0.25, 0.3) is 0 Å². The number of carbonyl (C=O) groups excluding carboxylic acids is 1. The third-order valence-electron chi connectivity index (χ3n) is 4.05. The minimum absolute atomic E-state index is 0.110. The lowest BCUT2D eigenvalue weighted by Crippen LogP contribution is -2.51. The summed E-state index contributed by atoms with van der Waals surface area (Å²) in [6.07, 6.45) is 1.94. The molecule has 0 spiro atoms. The van der Waals surface area contributed by atoms with Gasteiger partial charge in [-0.15, -0.1) is 0 Å². The van der Waals surface area contributed by atoms with Gasteiger partial charge in [0.25, 0.3) is 0 Å². The number of likely N-dealkylation sites (tertiary alicyclic amines) is 1. The van der Waals surface area contributed by atoms with Crippen molar-refractivity contribution >= 4 is 16.1 Å². The minimum Gasteiger partial charge on any atom is -0.444 e. The minimum atomic E-state index is -3.20. The summed E-state index contributed by atoms with van der Waals surface area (Å²) in [6.45, 7) is 8.88. The number of sulfonamides is 1. The van der Waals surface area contributed by atoms with Gasteiger partial charge in [0, 0.05) is 25.7 Å². The van der Waals surface area contributed by atoms with Crippen molar-refractivity contribution in [3.8, 4) is 0 Å². The summed E-state index contributed by atoms with van der Waals surface area (Å²) in [4.78, 5) is 13.8. The lowest BCUT2D eigenvalue weighted by Gasteiger charge is -2.37. The van der Waals surface area contributed by atoms with Gasteiger partial charge in [-0.3, -0.25) is 0 Å². The van der Waals surface area contributed by atoms with Crippen LogP contribution >= 0.6 is 0 Å². The quantitative estimate of drug-likeness (QED) is 0.739. The molecule has 0 radical (unpaired) electrons. The molecule has 0 saturated carbocycles. The second-order valence-electron chi connectivity index (χ2n) is 6.98. The highest BCUT2D eigenvalue weighted by molar-refractivity contribution is 7.90. The molecular weight excluding hydrogens is 292 g/mol. The van der Waals surface area contributed by atoms with Crippen molar-refractivity contribution in [2.75, 3.05) is 19.6 Å². The highest BCUT2D eigenvalue weighted by Crippen LogP contribution is 2.28. The smallest absolute Gasteiger partial charge is 0.410 e. The highest BCUT2D eigenvalue weighted by atomic mass is 32.2. The van der Waals surface area contributed by atoms with Gasteiger partial charge in [0.05, 0.1) is 5.25 Å². The number of hydrogen-bond donors (Lipinski definition) is 0. The zero-order valence-electron chi connectivity index (χ0n) is 13.3. The maximum Gasteiger partial charge on any atom is 0.410 e. The van der Waals surface area contributed by atoms with E-state index in [9.17, 15) is 13.2 Å². The van der Waals surface area contributed by atoms with E-state index in [4.69, 9.17) is 4.74 Å². The monoisotopic (exact) mass is 318 g/mol. The Morgan fingerprint density at radius 3 is 2.38 bits per heavy atom. The largest absolute Gasteiger partial charge is 0.444 e. The molecule has 2 rings (SSSR count). The lowest BCUT2D eigenvalue weighted by molar-refractivity contribution is 0.0158. The number of hydrogen-bond acceptors (Lipinski definition) is 4. The van der Waals surface area contributed by atoms with Crippen molar-refractivity contribution in [3.05, 3.63) is 0 Å². The third-order valence-corrected chi connectivity index (χ3v) is 6.43. The molecule has 6 nitrogen and oxygen atoms in total. The molecule has 2 unspecified atom stereocenters. The molecule has 0 aromatic heterocycles. The van der Waals surface area contributed by atoms with Crippen LogP contribution in [0, 0.1) is 0 Å². The molecule has 0 aromatic rings. The first-order valence-electron chi connectivity index (χ1n) is 7.60. The normalized spacial score (nSPS) is 30.4. The van der Waals surface area contributed by atoms with Crippen molar-refractivity contribution in [1.29, 1.82) is 0 Å². The molecule has 0 N–H and O–H groups in total. The van der Waals surface area contributed by atoms with Gasteiger partial charge in [-0.25, -0.2) is 13.2 Å². The van der Waals surface area contributed by atoms with Gasteiger partial charge in [-0.2, -0.15) is 4.31 Å². The van der Waals surface area contributed by atoms with Crippen LogP contribution in [0.2, 0.25) is 0 Å². The SMILES string of the molecule is CC1CCN(C2CCCN(C(=O)OC(C)(C)C)C2)S1(=O)=O. The molecule has 1 amide bonds. The van der Waals surface area contributed by atoms with Gasteiger partial charge >= 0.3 is 6.09 Å². The van der Waals surface area contributed by atoms with Crippen molar-refractivity contribution in [2.24, 2.45) is 0 Å². The fourth-order valence-electron chi connectivity index (χ4n) is 2.89. The van der Waals surface area contributed by atoms with Crippen LogP contribution in [0.5, 0.6) is 0 Å². The molecule has 0 bridgehead atoms. The molecule has 21 heavy (non-hydrogen) atoms. The fraction of sp³-hybridized carbons (Fsp3) is 0.929. The number of rotatable bonds is 1. The number of nitrogens with zero attached hydrogens (tertiary/aromatic N) is 2. The second kappa shape index (κ2) is 5.76. The van der Waals surface area contributed by atoms with Crippen LogP contribution in [-0.2, 0) is 14.8 Å². The van der Waals surface area contributed by atoms with Crippen LogP contribution < -0.4 is 0 Å². The van der Waals surface area contributed by atoms with Gasteiger partial charge in [-0.05, 0) is 47.0 Å². The van der Waals surface area contributed by atoms with Crippen LogP contribution in [0.15, 0.2) is 0 Å². The number of piperidine rings is 1. The highest BCUT2D eigenvalue weighted by Gasteiger charge is 2.42. The number of ether oxygens (including phenoxy) is 1. The van der Waals surface area contributed by atoms with Gasteiger partial charge in [0.15, 0.2) is 0 Å². The fourth-order valence-corrected chi connectivity index (χ4v) is 4.70. The average Bonchev–Trinajstić information content (AvgIpc) is 2.62. The van der Waals surface area contributed by atoms with Crippen LogP contribution in [0.4, 0.5) is 4.79 Å². The van der Waals surface area contributed by atoms with Gasteiger partial charge < -0.3 is 9.64 Å². The summed E-state index contributed by atoms with van der Waals surface area (Å²) >= 11 is 0. The van der Waals surface area contributed by atoms with E-state index in [1.165, 1.54) is 0 Å². The molecule has 2 fully saturated rings. The molecule has 2 aliphatic rings. The average molecular weight is 318 g/mol. The lowest BCUT2D eigenvalue weighted by atomic mass is 10.1. The predicted octanol–water partition coefficient (Wildman–Crippen LogP) is 1.81. The Morgan fingerprint density at radius 1 is 1.19 bits per heavy atom. The van der Waals surface area contributed by atoms with Crippen LogP contribution in [0.1, 0.15) is 47.0 Å². The molecule has 122 valence electrons. The van der Waals surface area contributed by atoms with Gasteiger partial charge in [-0.1, -0.05) is 0 Å². The van der Waals surface area contributed by atoms with Crippen molar-refractivity contribution in [1.82, 2.24) is 9.21 Å². The maximum absolute atomic E-state index is 12.3. The topological polar surface area (TPSA) is 66.9 Å². The molecule has 2 saturated heterocycles. The zero-order chi connectivity index (χ0) is 15.8. The molecule has 2 atom stereocenters. The Bertz CT molecular complexity index is 498. The zero-order valence-corrected chi connectivity index (χ0v) is 14.1. The van der Waals surface area contributed by atoms with E-state index in [-0.39, 0.29) is 17.4 Å². The molecule has 7 heteroatoms. The Hall–Kier alpha value is -0.820. The third kappa shape index (κ3) is 3.69.